The van der Waals surface area contributed by atoms with E-state index in [0.29, 0.717) is 0 Å². The highest BCUT2D eigenvalue weighted by molar-refractivity contribution is 7.40. The summed E-state index contributed by atoms with van der Waals surface area (Å²) in [5, 5.41) is 3.81. The van der Waals surface area contributed by atoms with Gasteiger partial charge in [0.2, 0.25) is 7.38 Å². The summed E-state index contributed by atoms with van der Waals surface area (Å²) in [6.07, 6.45) is 0. The highest BCUT2D eigenvalue weighted by atomic mass is 35.6. The van der Waals surface area contributed by atoms with Gasteiger partial charge in [-0.25, -0.2) is 0 Å². The lowest BCUT2D eigenvalue weighted by atomic mass is 10.1. The van der Waals surface area contributed by atoms with E-state index < -0.39 is 7.38 Å². The topological polar surface area (TPSA) is 0 Å². The molecule has 122 valence electrons. The molecule has 0 aliphatic heterocycles. The van der Waals surface area contributed by atoms with Crippen LogP contribution in [0.4, 0.5) is 0 Å². The van der Waals surface area contributed by atoms with Crippen LogP contribution in [0.25, 0.3) is 0 Å². The van der Waals surface area contributed by atoms with Gasteiger partial charge in [-0.1, -0.05) is 77.9 Å². The smallest absolute Gasteiger partial charge is 0.149 e. The molecular weight excluding hydrogens is 328 g/mol. The molecule has 0 aliphatic rings. The molecule has 0 saturated heterocycles. The van der Waals surface area contributed by atoms with Crippen LogP contribution in [0.2, 0.25) is 0 Å². The van der Waals surface area contributed by atoms with Gasteiger partial charge in [0.25, 0.3) is 0 Å². The average molecular weight is 351 g/mol. The van der Waals surface area contributed by atoms with Gasteiger partial charge in [0.05, 0.1) is 0 Å². The van der Waals surface area contributed by atoms with E-state index in [1.54, 1.807) is 0 Å². The first kappa shape index (κ1) is 17.0. The summed E-state index contributed by atoms with van der Waals surface area (Å²) < 4.78 is 0. The highest BCUT2D eigenvalue weighted by Gasteiger charge is 2.39. The van der Waals surface area contributed by atoms with Crippen LogP contribution in [0.3, 0.4) is 0 Å². The Morgan fingerprint density at radius 1 is 0.625 bits per heavy atom. The highest BCUT2D eigenvalue weighted by Crippen LogP contribution is 2.17. The minimum absolute atomic E-state index is 1.24. The van der Waals surface area contributed by atoms with Crippen molar-refractivity contribution in [1.82, 2.24) is 0 Å². The molecule has 0 N–H and O–H groups in total. The molecule has 3 aromatic carbocycles. The van der Waals surface area contributed by atoms with Crippen LogP contribution >= 0.6 is 11.1 Å². The van der Waals surface area contributed by atoms with Gasteiger partial charge in [-0.05, 0) is 54.4 Å². The number of aryl methyl sites for hydroxylation is 4. The third kappa shape index (κ3) is 2.94. The van der Waals surface area contributed by atoms with Crippen LogP contribution in [-0.4, -0.2) is 7.38 Å². The Morgan fingerprint density at radius 2 is 1.08 bits per heavy atom. The molecule has 0 aromatic heterocycles. The van der Waals surface area contributed by atoms with E-state index in [1.165, 1.54) is 37.8 Å². The Morgan fingerprint density at radius 3 is 1.50 bits per heavy atom. The molecular formula is C22H23ClSi. The molecule has 0 aliphatic carbocycles. The van der Waals surface area contributed by atoms with Crippen molar-refractivity contribution in [3.05, 3.63) is 89.0 Å². The van der Waals surface area contributed by atoms with Crippen LogP contribution < -0.4 is 15.6 Å². The number of halogens is 1. The zero-order chi connectivity index (χ0) is 17.3. The Bertz CT molecular complexity index is 817. The normalized spacial score (nSPS) is 11.5. The SMILES string of the molecule is Cc1ccc([Si](Cl)(c2ccccc2)c2ccc(C)cc2C)c(C)c1. The second-order valence-electron chi connectivity index (χ2n) is 6.66. The van der Waals surface area contributed by atoms with Crippen molar-refractivity contribution in [2.24, 2.45) is 0 Å². The predicted molar refractivity (Wildman–Crippen MR) is 109 cm³/mol. The summed E-state index contributed by atoms with van der Waals surface area (Å²) in [5.74, 6) is 0. The molecule has 2 heteroatoms. The summed E-state index contributed by atoms with van der Waals surface area (Å²) in [4.78, 5) is 0. The summed E-state index contributed by atoms with van der Waals surface area (Å²) in [7, 11) is -2.54. The molecule has 3 rings (SSSR count). The summed E-state index contributed by atoms with van der Waals surface area (Å²) in [6.45, 7) is 8.62. The van der Waals surface area contributed by atoms with Crippen molar-refractivity contribution in [3.8, 4) is 0 Å². The van der Waals surface area contributed by atoms with Gasteiger partial charge in [-0.3, -0.25) is 0 Å². The van der Waals surface area contributed by atoms with Gasteiger partial charge < -0.3 is 0 Å². The van der Waals surface area contributed by atoms with Crippen LogP contribution in [0, 0.1) is 27.7 Å². The fourth-order valence-corrected chi connectivity index (χ4v) is 8.60. The van der Waals surface area contributed by atoms with Gasteiger partial charge >= 0.3 is 0 Å². The Balaban J connectivity index is 2.33. The van der Waals surface area contributed by atoms with E-state index in [-0.39, 0.29) is 0 Å². The molecule has 0 saturated carbocycles. The molecule has 0 amide bonds. The van der Waals surface area contributed by atoms with Crippen molar-refractivity contribution in [1.29, 1.82) is 0 Å². The molecule has 0 nitrogen and oxygen atoms in total. The zero-order valence-corrected chi connectivity index (χ0v) is 16.5. The summed E-state index contributed by atoms with van der Waals surface area (Å²) >= 11 is 7.57. The maximum atomic E-state index is 7.57. The third-order valence-corrected chi connectivity index (χ3v) is 10.3. The first-order valence-corrected chi connectivity index (χ1v) is 11.3. The van der Waals surface area contributed by atoms with Crippen LogP contribution in [0.5, 0.6) is 0 Å². The number of hydrogen-bond donors (Lipinski definition) is 0. The van der Waals surface area contributed by atoms with Crippen molar-refractivity contribution < 1.29 is 0 Å². The van der Waals surface area contributed by atoms with Crippen LogP contribution in [0.15, 0.2) is 66.7 Å². The molecule has 0 heterocycles. The van der Waals surface area contributed by atoms with Gasteiger partial charge in [0.15, 0.2) is 0 Å². The third-order valence-electron chi connectivity index (χ3n) is 4.68. The molecule has 0 bridgehead atoms. The number of benzene rings is 3. The molecule has 24 heavy (non-hydrogen) atoms. The van der Waals surface area contributed by atoms with Gasteiger partial charge in [0, 0.05) is 0 Å². The lowest BCUT2D eigenvalue weighted by Gasteiger charge is -2.29. The van der Waals surface area contributed by atoms with Gasteiger partial charge in [-0.15, -0.1) is 11.1 Å². The largest absolute Gasteiger partial charge is 0.248 e. The van der Waals surface area contributed by atoms with E-state index in [2.05, 4.69) is 94.4 Å². The van der Waals surface area contributed by atoms with Crippen LogP contribution in [-0.2, 0) is 0 Å². The minimum atomic E-state index is -2.54. The first-order valence-electron chi connectivity index (χ1n) is 8.33. The Kier molecular flexibility index (Phi) is 4.66. The fourth-order valence-electron chi connectivity index (χ4n) is 3.52. The van der Waals surface area contributed by atoms with Crippen molar-refractivity contribution in [3.63, 3.8) is 0 Å². The maximum Gasteiger partial charge on any atom is 0.248 e. The predicted octanol–water partition coefficient (Wildman–Crippen LogP) is 4.13. The molecule has 3 aromatic rings. The monoisotopic (exact) mass is 350 g/mol. The standard InChI is InChI=1S/C22H23ClSi/c1-16-10-12-21(18(3)14-16)24(23,20-8-6-5-7-9-20)22-13-11-17(2)15-19(22)4/h5-15H,1-4H3. The molecule has 0 radical (unpaired) electrons. The average Bonchev–Trinajstić information content (AvgIpc) is 2.55. The lowest BCUT2D eigenvalue weighted by molar-refractivity contribution is 1.40. The number of rotatable bonds is 3. The summed E-state index contributed by atoms with van der Waals surface area (Å²) in [5.41, 5.74) is 5.11. The van der Waals surface area contributed by atoms with Gasteiger partial charge in [0.1, 0.15) is 0 Å². The maximum absolute atomic E-state index is 7.57. The second-order valence-corrected chi connectivity index (χ2v) is 11.3. The number of hydrogen-bond acceptors (Lipinski definition) is 0. The van der Waals surface area contributed by atoms with Crippen molar-refractivity contribution >= 4 is 34.0 Å². The quantitative estimate of drug-likeness (QED) is 0.378. The second kappa shape index (κ2) is 6.58. The van der Waals surface area contributed by atoms with E-state index in [4.69, 9.17) is 11.1 Å². The molecule has 0 unspecified atom stereocenters. The molecule has 0 spiro atoms. The van der Waals surface area contributed by atoms with Gasteiger partial charge in [-0.2, -0.15) is 0 Å². The molecule has 0 fully saturated rings. The lowest BCUT2D eigenvalue weighted by Crippen LogP contribution is -2.64. The molecule has 0 atom stereocenters. The van der Waals surface area contributed by atoms with Crippen molar-refractivity contribution in [2.45, 2.75) is 27.7 Å². The summed E-state index contributed by atoms with van der Waals surface area (Å²) in [6, 6.07) is 23.9. The van der Waals surface area contributed by atoms with E-state index >= 15 is 0 Å². The van der Waals surface area contributed by atoms with E-state index in [9.17, 15) is 0 Å². The van der Waals surface area contributed by atoms with E-state index in [0.717, 1.165) is 0 Å². The Labute approximate surface area is 150 Å². The van der Waals surface area contributed by atoms with Crippen molar-refractivity contribution in [2.75, 3.05) is 0 Å². The van der Waals surface area contributed by atoms with E-state index in [1.807, 2.05) is 0 Å². The first-order chi connectivity index (χ1) is 11.4. The minimum Gasteiger partial charge on any atom is -0.149 e. The Hall–Kier alpha value is -1.83. The zero-order valence-electron chi connectivity index (χ0n) is 14.7. The van der Waals surface area contributed by atoms with Crippen LogP contribution in [0.1, 0.15) is 22.3 Å². The fraction of sp³-hybridized carbons (Fsp3) is 0.182.